The fraction of sp³-hybridized carbons (Fsp3) is 1.00. The van der Waals surface area contributed by atoms with Crippen molar-refractivity contribution in [2.45, 2.75) is 84.7 Å². The SMILES string of the molecule is CCCCOC(CC)C(OO)(OCCCC)OCCCC.[O]=[Ti][OH]. The first kappa shape index (κ1) is 26.5. The topological polar surface area (TPSA) is 94.5 Å². The number of hydrogen-bond acceptors (Lipinski definition) is 6. The van der Waals surface area contributed by atoms with Gasteiger partial charge in [-0.3, -0.25) is 0 Å². The first-order valence-corrected chi connectivity index (χ1v) is 10.2. The van der Waals surface area contributed by atoms with Crippen LogP contribution in [0.25, 0.3) is 0 Å². The van der Waals surface area contributed by atoms with Crippen molar-refractivity contribution in [3.63, 3.8) is 0 Å². The van der Waals surface area contributed by atoms with Gasteiger partial charge < -0.3 is 14.2 Å². The van der Waals surface area contributed by atoms with E-state index in [1.54, 1.807) is 0 Å². The molecule has 0 radical (unpaired) electrons. The van der Waals surface area contributed by atoms with Crippen LogP contribution in [0.1, 0.15) is 72.6 Å². The van der Waals surface area contributed by atoms with E-state index in [9.17, 15) is 5.26 Å². The normalized spacial score (nSPS) is 12.2. The molecule has 2 N–H and O–H groups in total. The van der Waals surface area contributed by atoms with Crippen LogP contribution in [0.3, 0.4) is 0 Å². The molecule has 0 fully saturated rings. The van der Waals surface area contributed by atoms with Gasteiger partial charge in [0.15, 0.2) is 0 Å². The molecule has 7 nitrogen and oxygen atoms in total. The van der Waals surface area contributed by atoms with Crippen molar-refractivity contribution < 1.29 is 50.9 Å². The van der Waals surface area contributed by atoms with Gasteiger partial charge in [-0.05, 0) is 25.7 Å². The van der Waals surface area contributed by atoms with E-state index in [1.165, 1.54) is 0 Å². The first-order chi connectivity index (χ1) is 11.6. The van der Waals surface area contributed by atoms with Crippen LogP contribution >= 0.6 is 0 Å². The summed E-state index contributed by atoms with van der Waals surface area (Å²) in [6.45, 7) is 9.78. The van der Waals surface area contributed by atoms with E-state index in [2.05, 4.69) is 25.7 Å². The Bertz CT molecular complexity index is 257. The molecule has 0 saturated heterocycles. The predicted octanol–water partition coefficient (Wildman–Crippen LogP) is 3.68. The molecule has 8 heteroatoms. The van der Waals surface area contributed by atoms with Crippen molar-refractivity contribution in [1.82, 2.24) is 0 Å². The average molecular weight is 387 g/mol. The van der Waals surface area contributed by atoms with Crippen LogP contribution < -0.4 is 0 Å². The molecule has 0 aromatic heterocycles. The van der Waals surface area contributed by atoms with Crippen molar-refractivity contribution >= 4 is 0 Å². The van der Waals surface area contributed by atoms with Crippen LogP contribution in [0.2, 0.25) is 0 Å². The molecule has 0 rings (SSSR count). The van der Waals surface area contributed by atoms with Gasteiger partial charge in [0.05, 0.1) is 13.2 Å². The van der Waals surface area contributed by atoms with Gasteiger partial charge in [-0.15, -0.1) is 0 Å². The zero-order valence-corrected chi connectivity index (χ0v) is 17.1. The van der Waals surface area contributed by atoms with Crippen molar-refractivity contribution in [1.29, 1.82) is 0 Å². The summed E-state index contributed by atoms with van der Waals surface area (Å²) >= 11 is -1.75. The van der Waals surface area contributed by atoms with Crippen LogP contribution in [0.15, 0.2) is 0 Å². The third-order valence-corrected chi connectivity index (χ3v) is 3.31. The van der Waals surface area contributed by atoms with Gasteiger partial charge in [0.1, 0.15) is 6.10 Å². The summed E-state index contributed by atoms with van der Waals surface area (Å²) in [5.41, 5.74) is 0. The summed E-state index contributed by atoms with van der Waals surface area (Å²) in [5.74, 6) is -1.51. The summed E-state index contributed by atoms with van der Waals surface area (Å²) in [7, 11) is 0. The Balaban J connectivity index is 0. The van der Waals surface area contributed by atoms with Crippen molar-refractivity contribution in [2.24, 2.45) is 0 Å². The fourth-order valence-corrected chi connectivity index (χ4v) is 1.90. The standard InChI is InChI=1S/C16H34O5.H2O.O.Ti/c1-5-9-12-18-15(8-4)16(21-17,19-13-10-6-2)20-14-11-7-3;;;/h15,17H,5-14H2,1-4H3;1H2;;/q;;;+1/p-1. The summed E-state index contributed by atoms with van der Waals surface area (Å²) in [6, 6.07) is 0. The van der Waals surface area contributed by atoms with E-state index >= 15 is 0 Å². The Labute approximate surface area is 155 Å². The third kappa shape index (κ3) is 12.6. The molecule has 0 spiro atoms. The first-order valence-electron chi connectivity index (χ1n) is 8.85. The average Bonchev–Trinajstić information content (AvgIpc) is 2.59. The zero-order chi connectivity index (χ0) is 18.7. The minimum atomic E-state index is -1.75. The quantitative estimate of drug-likeness (QED) is 0.146. The van der Waals surface area contributed by atoms with Crippen LogP contribution in [-0.4, -0.2) is 40.8 Å². The number of unbranched alkanes of at least 4 members (excludes halogenated alkanes) is 3. The van der Waals surface area contributed by atoms with E-state index < -0.39 is 31.6 Å². The van der Waals surface area contributed by atoms with Gasteiger partial charge in [-0.1, -0.05) is 47.0 Å². The van der Waals surface area contributed by atoms with Gasteiger partial charge >= 0.3 is 32.5 Å². The van der Waals surface area contributed by atoms with E-state index in [0.29, 0.717) is 26.2 Å². The number of ether oxygens (including phenoxy) is 3. The van der Waals surface area contributed by atoms with Crippen molar-refractivity contribution in [3.8, 4) is 0 Å². The van der Waals surface area contributed by atoms with Crippen LogP contribution in [0, 0.1) is 0 Å². The second-order valence-electron chi connectivity index (χ2n) is 5.31. The summed E-state index contributed by atoms with van der Waals surface area (Å²) in [4.78, 5) is 4.65. The molecule has 0 saturated carbocycles. The molecule has 1 atom stereocenters. The van der Waals surface area contributed by atoms with E-state index in [4.69, 9.17) is 21.2 Å². The summed E-state index contributed by atoms with van der Waals surface area (Å²) in [5, 5.41) is 9.40. The molecule has 0 aromatic rings. The minimum absolute atomic E-state index is 0.442. The van der Waals surface area contributed by atoms with E-state index in [0.717, 1.165) is 38.5 Å². The number of rotatable bonds is 15. The predicted molar refractivity (Wildman–Crippen MR) is 86.0 cm³/mol. The van der Waals surface area contributed by atoms with Gasteiger partial charge in [-0.25, -0.2) is 5.26 Å². The molecular weight excluding hydrogens is 352 g/mol. The molecular formula is C16H35O7Ti. The molecule has 1 unspecified atom stereocenters. The molecule has 0 bridgehead atoms. The second-order valence-corrected chi connectivity index (χ2v) is 5.60. The van der Waals surface area contributed by atoms with Gasteiger partial charge in [0, 0.05) is 6.61 Å². The van der Waals surface area contributed by atoms with Crippen LogP contribution in [-0.2, 0) is 41.9 Å². The summed E-state index contributed by atoms with van der Waals surface area (Å²) < 4.78 is 33.0. The third-order valence-electron chi connectivity index (χ3n) is 3.31. The molecule has 0 amide bonds. The molecule has 0 heterocycles. The molecule has 24 heavy (non-hydrogen) atoms. The van der Waals surface area contributed by atoms with Crippen molar-refractivity contribution in [3.05, 3.63) is 0 Å². The molecule has 0 aromatic carbocycles. The van der Waals surface area contributed by atoms with Crippen LogP contribution in [0.5, 0.6) is 0 Å². The van der Waals surface area contributed by atoms with E-state index in [-0.39, 0.29) is 0 Å². The summed E-state index contributed by atoms with van der Waals surface area (Å²) in [6.07, 6.45) is 5.99. The second kappa shape index (κ2) is 19.6. The Hall–Kier alpha value is 0.274. The Morgan fingerprint density at radius 3 is 1.67 bits per heavy atom. The van der Waals surface area contributed by atoms with Gasteiger partial charge in [0.2, 0.25) is 0 Å². The van der Waals surface area contributed by atoms with Crippen LogP contribution in [0.4, 0.5) is 0 Å². The Morgan fingerprint density at radius 2 is 1.33 bits per heavy atom. The van der Waals surface area contributed by atoms with E-state index in [1.807, 2.05) is 6.92 Å². The fourth-order valence-electron chi connectivity index (χ4n) is 1.90. The number of hydrogen-bond donors (Lipinski definition) is 2. The Morgan fingerprint density at radius 1 is 0.917 bits per heavy atom. The van der Waals surface area contributed by atoms with Gasteiger partial charge in [-0.2, -0.15) is 4.89 Å². The molecule has 145 valence electrons. The van der Waals surface area contributed by atoms with Crippen molar-refractivity contribution in [2.75, 3.05) is 19.8 Å². The molecule has 0 aliphatic heterocycles. The Kier molecular flexibility index (Phi) is 21.6. The molecule has 0 aliphatic carbocycles. The monoisotopic (exact) mass is 387 g/mol. The molecule has 0 aliphatic rings. The maximum atomic E-state index is 9.40. The van der Waals surface area contributed by atoms with Gasteiger partial charge in [0.25, 0.3) is 0 Å². The zero-order valence-electron chi connectivity index (χ0n) is 15.6. The maximum absolute atomic E-state index is 9.40.